The summed E-state index contributed by atoms with van der Waals surface area (Å²) in [4.78, 5) is 0. The highest BCUT2D eigenvalue weighted by atomic mass is 35.5. The maximum Gasteiger partial charge on any atom is 0.0406 e. The van der Waals surface area contributed by atoms with E-state index >= 15 is 0 Å². The van der Waals surface area contributed by atoms with Crippen LogP contribution in [0.2, 0.25) is 5.02 Å². The second-order valence-corrected chi connectivity index (χ2v) is 4.92. The van der Waals surface area contributed by atoms with Gasteiger partial charge in [0.15, 0.2) is 0 Å². The Morgan fingerprint density at radius 1 is 1.40 bits per heavy atom. The Kier molecular flexibility index (Phi) is 3.66. The van der Waals surface area contributed by atoms with Crippen LogP contribution in [-0.2, 0) is 0 Å². The zero-order chi connectivity index (χ0) is 10.7. The first-order chi connectivity index (χ1) is 7.25. The number of rotatable bonds is 3. The molecular formula is C13H18ClN. The van der Waals surface area contributed by atoms with Gasteiger partial charge in [-0.2, -0.15) is 0 Å². The normalized spacial score (nSPS) is 22.9. The molecule has 1 aliphatic rings. The molecule has 1 fully saturated rings. The maximum atomic E-state index is 5.87. The van der Waals surface area contributed by atoms with Crippen LogP contribution in [0.4, 0.5) is 0 Å². The van der Waals surface area contributed by atoms with E-state index in [2.05, 4.69) is 24.4 Å². The summed E-state index contributed by atoms with van der Waals surface area (Å²) in [6.07, 6.45) is 3.90. The van der Waals surface area contributed by atoms with Gasteiger partial charge < -0.3 is 5.32 Å². The molecule has 0 saturated carbocycles. The molecule has 0 aliphatic carbocycles. The van der Waals surface area contributed by atoms with Gasteiger partial charge in [0.1, 0.15) is 0 Å². The van der Waals surface area contributed by atoms with Crippen molar-refractivity contribution in [3.8, 4) is 0 Å². The average Bonchev–Trinajstić information content (AvgIpc) is 2.71. The van der Waals surface area contributed by atoms with Crippen LogP contribution in [-0.4, -0.2) is 12.6 Å². The molecule has 82 valence electrons. The third-order valence-electron chi connectivity index (χ3n) is 3.24. The van der Waals surface area contributed by atoms with E-state index in [1.807, 2.05) is 12.1 Å². The largest absolute Gasteiger partial charge is 0.314 e. The molecule has 2 unspecified atom stereocenters. The van der Waals surface area contributed by atoms with E-state index in [0.717, 1.165) is 11.1 Å². The lowest BCUT2D eigenvalue weighted by molar-refractivity contribution is 0.510. The van der Waals surface area contributed by atoms with Crippen molar-refractivity contribution in [1.29, 1.82) is 0 Å². The van der Waals surface area contributed by atoms with Crippen molar-refractivity contribution in [3.63, 3.8) is 0 Å². The predicted octanol–water partition coefficient (Wildman–Crippen LogP) is 3.59. The summed E-state index contributed by atoms with van der Waals surface area (Å²) in [6, 6.07) is 8.96. The van der Waals surface area contributed by atoms with Crippen LogP contribution in [0.3, 0.4) is 0 Å². The van der Waals surface area contributed by atoms with E-state index in [0.29, 0.717) is 5.92 Å². The van der Waals surface area contributed by atoms with E-state index in [4.69, 9.17) is 11.6 Å². The molecule has 2 atom stereocenters. The van der Waals surface area contributed by atoms with Crippen molar-refractivity contribution >= 4 is 11.6 Å². The fourth-order valence-electron chi connectivity index (χ4n) is 2.31. The van der Waals surface area contributed by atoms with Gasteiger partial charge in [-0.25, -0.2) is 0 Å². The number of halogens is 1. The Hall–Kier alpha value is -0.530. The molecule has 2 heteroatoms. The molecule has 0 radical (unpaired) electrons. The average molecular weight is 224 g/mol. The van der Waals surface area contributed by atoms with Gasteiger partial charge in [0.25, 0.3) is 0 Å². The minimum absolute atomic E-state index is 0.623. The molecular weight excluding hydrogens is 206 g/mol. The number of hydrogen-bond donors (Lipinski definition) is 1. The smallest absolute Gasteiger partial charge is 0.0406 e. The van der Waals surface area contributed by atoms with Gasteiger partial charge in [-0.3, -0.25) is 0 Å². The summed E-state index contributed by atoms with van der Waals surface area (Å²) in [6.45, 7) is 3.49. The first kappa shape index (κ1) is 11.0. The second-order valence-electron chi connectivity index (χ2n) is 4.48. The Morgan fingerprint density at radius 3 is 2.73 bits per heavy atom. The first-order valence-electron chi connectivity index (χ1n) is 5.74. The van der Waals surface area contributed by atoms with Crippen molar-refractivity contribution in [3.05, 3.63) is 34.9 Å². The Bertz CT molecular complexity index is 301. The third-order valence-corrected chi connectivity index (χ3v) is 3.49. The summed E-state index contributed by atoms with van der Waals surface area (Å²) >= 11 is 5.87. The highest BCUT2D eigenvalue weighted by molar-refractivity contribution is 6.30. The van der Waals surface area contributed by atoms with Crippen molar-refractivity contribution in [2.45, 2.75) is 38.1 Å². The zero-order valence-corrected chi connectivity index (χ0v) is 9.93. The summed E-state index contributed by atoms with van der Waals surface area (Å²) in [5.74, 6) is 0.623. The van der Waals surface area contributed by atoms with Crippen molar-refractivity contribution in [1.82, 2.24) is 5.32 Å². The van der Waals surface area contributed by atoms with Crippen molar-refractivity contribution in [2.75, 3.05) is 6.54 Å². The molecule has 0 aromatic heterocycles. The Balaban J connectivity index is 1.94. The highest BCUT2D eigenvalue weighted by Crippen LogP contribution is 2.24. The fraction of sp³-hybridized carbons (Fsp3) is 0.538. The lowest BCUT2D eigenvalue weighted by Crippen LogP contribution is -2.22. The van der Waals surface area contributed by atoms with Gasteiger partial charge in [-0.15, -0.1) is 0 Å². The van der Waals surface area contributed by atoms with Gasteiger partial charge in [0, 0.05) is 11.1 Å². The molecule has 0 bridgehead atoms. The van der Waals surface area contributed by atoms with E-state index in [1.165, 1.54) is 31.4 Å². The quantitative estimate of drug-likeness (QED) is 0.826. The Morgan fingerprint density at radius 2 is 2.13 bits per heavy atom. The summed E-state index contributed by atoms with van der Waals surface area (Å²) in [5, 5.41) is 4.37. The predicted molar refractivity (Wildman–Crippen MR) is 65.5 cm³/mol. The topological polar surface area (TPSA) is 12.0 Å². The molecule has 2 rings (SSSR count). The Labute approximate surface area is 96.8 Å². The van der Waals surface area contributed by atoms with Crippen LogP contribution in [0.25, 0.3) is 0 Å². The van der Waals surface area contributed by atoms with Gasteiger partial charge in [-0.05, 0) is 49.4 Å². The zero-order valence-electron chi connectivity index (χ0n) is 9.17. The molecule has 1 N–H and O–H groups in total. The third kappa shape index (κ3) is 2.96. The molecule has 1 aromatic rings. The molecule has 1 aromatic carbocycles. The summed E-state index contributed by atoms with van der Waals surface area (Å²) in [7, 11) is 0. The number of hydrogen-bond acceptors (Lipinski definition) is 1. The van der Waals surface area contributed by atoms with E-state index in [1.54, 1.807) is 0 Å². The van der Waals surface area contributed by atoms with Crippen LogP contribution in [0.15, 0.2) is 24.3 Å². The van der Waals surface area contributed by atoms with Gasteiger partial charge in [0.2, 0.25) is 0 Å². The number of nitrogens with one attached hydrogen (secondary N) is 1. The fourth-order valence-corrected chi connectivity index (χ4v) is 2.44. The van der Waals surface area contributed by atoms with Crippen molar-refractivity contribution in [2.24, 2.45) is 0 Å². The maximum absolute atomic E-state index is 5.87. The van der Waals surface area contributed by atoms with Crippen molar-refractivity contribution < 1.29 is 0 Å². The van der Waals surface area contributed by atoms with Gasteiger partial charge >= 0.3 is 0 Å². The summed E-state index contributed by atoms with van der Waals surface area (Å²) in [5.41, 5.74) is 1.40. The van der Waals surface area contributed by atoms with Gasteiger partial charge in [0.05, 0.1) is 0 Å². The lowest BCUT2D eigenvalue weighted by atomic mass is 9.93. The van der Waals surface area contributed by atoms with Gasteiger partial charge in [-0.1, -0.05) is 30.7 Å². The molecule has 1 saturated heterocycles. The lowest BCUT2D eigenvalue weighted by Gasteiger charge is -2.17. The minimum Gasteiger partial charge on any atom is -0.314 e. The molecule has 0 amide bonds. The molecule has 1 nitrogen and oxygen atoms in total. The molecule has 1 aliphatic heterocycles. The number of benzene rings is 1. The minimum atomic E-state index is 0.623. The van der Waals surface area contributed by atoms with Crippen LogP contribution in [0.1, 0.15) is 37.7 Å². The molecule has 15 heavy (non-hydrogen) atoms. The van der Waals surface area contributed by atoms with Crippen LogP contribution < -0.4 is 5.32 Å². The molecule has 0 spiro atoms. The SMILES string of the molecule is CC(CC1CCCN1)c1ccc(Cl)cc1. The van der Waals surface area contributed by atoms with Crippen LogP contribution in [0.5, 0.6) is 0 Å². The van der Waals surface area contributed by atoms with E-state index < -0.39 is 0 Å². The first-order valence-corrected chi connectivity index (χ1v) is 6.12. The van der Waals surface area contributed by atoms with E-state index in [9.17, 15) is 0 Å². The van der Waals surface area contributed by atoms with E-state index in [-0.39, 0.29) is 0 Å². The second kappa shape index (κ2) is 5.00. The standard InChI is InChI=1S/C13H18ClN/c1-10(9-13-3-2-8-15-13)11-4-6-12(14)7-5-11/h4-7,10,13,15H,2-3,8-9H2,1H3. The molecule has 1 heterocycles. The highest BCUT2D eigenvalue weighted by Gasteiger charge is 2.17. The van der Waals surface area contributed by atoms with Crippen LogP contribution >= 0.6 is 11.6 Å². The van der Waals surface area contributed by atoms with Crippen LogP contribution in [0, 0.1) is 0 Å². The summed E-state index contributed by atoms with van der Waals surface area (Å²) < 4.78 is 0. The monoisotopic (exact) mass is 223 g/mol.